The highest BCUT2D eigenvalue weighted by Gasteiger charge is 2.12. The van der Waals surface area contributed by atoms with Gasteiger partial charge in [-0.05, 0) is 19.1 Å². The van der Waals surface area contributed by atoms with Crippen molar-refractivity contribution < 1.29 is 8.78 Å². The van der Waals surface area contributed by atoms with Crippen molar-refractivity contribution in [2.24, 2.45) is 0 Å². The Morgan fingerprint density at radius 2 is 1.94 bits per heavy atom. The van der Waals surface area contributed by atoms with Gasteiger partial charge in [0.15, 0.2) is 0 Å². The van der Waals surface area contributed by atoms with Crippen LogP contribution >= 0.6 is 11.6 Å². The molecule has 0 aliphatic carbocycles. The van der Waals surface area contributed by atoms with E-state index in [4.69, 9.17) is 11.6 Å². The zero-order chi connectivity index (χ0) is 12.6. The molecule has 0 unspecified atom stereocenters. The molecule has 0 radical (unpaired) electrons. The lowest BCUT2D eigenvalue weighted by molar-refractivity contribution is 0.602. The molecule has 0 fully saturated rings. The number of H-pyrrole nitrogens is 1. The average molecular weight is 257 g/mol. The van der Waals surface area contributed by atoms with E-state index in [1.165, 1.54) is 6.07 Å². The van der Waals surface area contributed by atoms with Crippen LogP contribution in [0.3, 0.4) is 0 Å². The fourth-order valence-electron chi connectivity index (χ4n) is 1.41. The van der Waals surface area contributed by atoms with Crippen molar-refractivity contribution in [2.45, 2.75) is 6.92 Å². The Morgan fingerprint density at radius 3 is 2.59 bits per heavy atom. The SMILES string of the molecule is Cc1cc(=O)[nH]c(-c2cc(F)c(Cl)cc2F)n1. The molecule has 0 aliphatic heterocycles. The largest absolute Gasteiger partial charge is 0.306 e. The van der Waals surface area contributed by atoms with Gasteiger partial charge < -0.3 is 4.98 Å². The standard InChI is InChI=1S/C11H7ClF2N2O/c1-5-2-10(17)16-11(15-5)6-3-9(14)7(12)4-8(6)13/h2-4H,1H3,(H,15,16,17). The molecule has 0 bridgehead atoms. The zero-order valence-electron chi connectivity index (χ0n) is 8.72. The fraction of sp³-hybridized carbons (Fsp3) is 0.0909. The summed E-state index contributed by atoms with van der Waals surface area (Å²) in [5.74, 6) is -1.54. The Kier molecular flexibility index (Phi) is 2.93. The Morgan fingerprint density at radius 1 is 1.24 bits per heavy atom. The van der Waals surface area contributed by atoms with E-state index in [0.717, 1.165) is 12.1 Å². The number of aryl methyl sites for hydroxylation is 1. The molecule has 88 valence electrons. The first-order valence-corrected chi connectivity index (χ1v) is 5.08. The summed E-state index contributed by atoms with van der Waals surface area (Å²) in [5, 5.41) is -0.318. The summed E-state index contributed by atoms with van der Waals surface area (Å²) in [6, 6.07) is 3.00. The minimum atomic E-state index is -0.771. The molecule has 1 aromatic carbocycles. The molecule has 2 aromatic rings. The molecule has 0 atom stereocenters. The molecular formula is C11H7ClF2N2O. The zero-order valence-corrected chi connectivity index (χ0v) is 9.48. The van der Waals surface area contributed by atoms with Crippen LogP contribution in [0, 0.1) is 18.6 Å². The minimum absolute atomic E-state index is 0.0249. The van der Waals surface area contributed by atoms with E-state index in [-0.39, 0.29) is 16.4 Å². The quantitative estimate of drug-likeness (QED) is 0.798. The summed E-state index contributed by atoms with van der Waals surface area (Å²) >= 11 is 5.43. The van der Waals surface area contributed by atoms with Crippen molar-refractivity contribution in [3.8, 4) is 11.4 Å². The lowest BCUT2D eigenvalue weighted by Gasteiger charge is -2.04. The number of nitrogens with one attached hydrogen (secondary N) is 1. The van der Waals surface area contributed by atoms with Crippen molar-refractivity contribution in [2.75, 3.05) is 0 Å². The number of nitrogens with zero attached hydrogens (tertiary/aromatic N) is 1. The van der Waals surface area contributed by atoms with E-state index in [2.05, 4.69) is 9.97 Å². The van der Waals surface area contributed by atoms with E-state index >= 15 is 0 Å². The summed E-state index contributed by atoms with van der Waals surface area (Å²) in [6.07, 6.45) is 0. The van der Waals surface area contributed by atoms with Crippen LogP contribution in [0.2, 0.25) is 5.02 Å². The molecule has 0 aliphatic rings. The van der Waals surface area contributed by atoms with Gasteiger partial charge in [-0.2, -0.15) is 0 Å². The molecule has 0 saturated heterocycles. The maximum atomic E-state index is 13.6. The Labute approximate surface area is 100 Å². The third-order valence-corrected chi connectivity index (χ3v) is 2.42. The van der Waals surface area contributed by atoms with Gasteiger partial charge in [0.2, 0.25) is 0 Å². The second kappa shape index (κ2) is 4.25. The number of aromatic amines is 1. The Balaban J connectivity index is 2.68. The lowest BCUT2D eigenvalue weighted by Crippen LogP contribution is -2.09. The van der Waals surface area contributed by atoms with Gasteiger partial charge in [0.05, 0.1) is 10.6 Å². The summed E-state index contributed by atoms with van der Waals surface area (Å²) in [5.41, 5.74) is -0.145. The summed E-state index contributed by atoms with van der Waals surface area (Å²) in [6.45, 7) is 1.59. The predicted octanol–water partition coefficient (Wildman–Crippen LogP) is 2.68. The number of hydrogen-bond donors (Lipinski definition) is 1. The van der Waals surface area contributed by atoms with Crippen LogP contribution < -0.4 is 5.56 Å². The minimum Gasteiger partial charge on any atom is -0.306 e. The molecule has 17 heavy (non-hydrogen) atoms. The normalized spacial score (nSPS) is 10.6. The van der Waals surface area contributed by atoms with Crippen molar-refractivity contribution >= 4 is 11.6 Å². The van der Waals surface area contributed by atoms with Gasteiger partial charge in [-0.1, -0.05) is 11.6 Å². The number of hydrogen-bond acceptors (Lipinski definition) is 2. The van der Waals surface area contributed by atoms with E-state index in [1.807, 2.05) is 0 Å². The molecular weight excluding hydrogens is 250 g/mol. The van der Waals surface area contributed by atoms with E-state index < -0.39 is 17.2 Å². The molecule has 0 spiro atoms. The van der Waals surface area contributed by atoms with Gasteiger partial charge in [0, 0.05) is 11.8 Å². The topological polar surface area (TPSA) is 45.8 Å². The second-order valence-electron chi connectivity index (χ2n) is 3.48. The fourth-order valence-corrected chi connectivity index (χ4v) is 1.56. The van der Waals surface area contributed by atoms with Crippen LogP contribution in [0.25, 0.3) is 11.4 Å². The summed E-state index contributed by atoms with van der Waals surface area (Å²) in [7, 11) is 0. The number of halogens is 3. The highest BCUT2D eigenvalue weighted by Crippen LogP contribution is 2.24. The maximum Gasteiger partial charge on any atom is 0.251 e. The smallest absolute Gasteiger partial charge is 0.251 e. The monoisotopic (exact) mass is 256 g/mol. The van der Waals surface area contributed by atoms with Crippen LogP contribution in [0.4, 0.5) is 8.78 Å². The van der Waals surface area contributed by atoms with Crippen molar-refractivity contribution in [3.63, 3.8) is 0 Å². The molecule has 0 amide bonds. The van der Waals surface area contributed by atoms with Gasteiger partial charge in [0.1, 0.15) is 17.5 Å². The predicted molar refractivity (Wildman–Crippen MR) is 60.0 cm³/mol. The van der Waals surface area contributed by atoms with Crippen LogP contribution in [0.15, 0.2) is 23.0 Å². The highest BCUT2D eigenvalue weighted by molar-refractivity contribution is 6.30. The van der Waals surface area contributed by atoms with E-state index in [0.29, 0.717) is 5.69 Å². The molecule has 1 N–H and O–H groups in total. The van der Waals surface area contributed by atoms with Crippen molar-refractivity contribution in [1.82, 2.24) is 9.97 Å². The maximum absolute atomic E-state index is 13.6. The van der Waals surface area contributed by atoms with Gasteiger partial charge in [-0.3, -0.25) is 4.79 Å². The summed E-state index contributed by atoms with van der Waals surface area (Å²) in [4.78, 5) is 17.5. The lowest BCUT2D eigenvalue weighted by atomic mass is 10.2. The Hall–Kier alpha value is -1.75. The molecule has 6 heteroatoms. The van der Waals surface area contributed by atoms with Crippen LogP contribution in [-0.2, 0) is 0 Å². The second-order valence-corrected chi connectivity index (χ2v) is 3.89. The Bertz CT molecular complexity index is 640. The van der Waals surface area contributed by atoms with Crippen LogP contribution in [0.5, 0.6) is 0 Å². The molecule has 3 nitrogen and oxygen atoms in total. The molecule has 2 rings (SSSR count). The van der Waals surface area contributed by atoms with E-state index in [9.17, 15) is 13.6 Å². The average Bonchev–Trinajstić information content (AvgIpc) is 2.22. The van der Waals surface area contributed by atoms with Crippen molar-refractivity contribution in [1.29, 1.82) is 0 Å². The van der Waals surface area contributed by atoms with Crippen LogP contribution in [-0.4, -0.2) is 9.97 Å². The van der Waals surface area contributed by atoms with Gasteiger partial charge in [-0.15, -0.1) is 0 Å². The third-order valence-electron chi connectivity index (χ3n) is 2.13. The molecule has 1 heterocycles. The first-order chi connectivity index (χ1) is 7.97. The van der Waals surface area contributed by atoms with Crippen LogP contribution in [0.1, 0.15) is 5.69 Å². The number of aromatic nitrogens is 2. The number of benzene rings is 1. The first-order valence-electron chi connectivity index (χ1n) is 4.70. The van der Waals surface area contributed by atoms with Gasteiger partial charge >= 0.3 is 0 Å². The van der Waals surface area contributed by atoms with Crippen molar-refractivity contribution in [3.05, 3.63) is 50.9 Å². The molecule has 0 saturated carbocycles. The third kappa shape index (κ3) is 2.34. The summed E-state index contributed by atoms with van der Waals surface area (Å²) < 4.78 is 26.8. The van der Waals surface area contributed by atoms with Gasteiger partial charge in [-0.25, -0.2) is 13.8 Å². The van der Waals surface area contributed by atoms with Gasteiger partial charge in [0.25, 0.3) is 5.56 Å². The number of rotatable bonds is 1. The molecule has 1 aromatic heterocycles. The first kappa shape index (κ1) is 11.7. The highest BCUT2D eigenvalue weighted by atomic mass is 35.5. The van der Waals surface area contributed by atoms with E-state index in [1.54, 1.807) is 6.92 Å².